The molecule has 0 radical (unpaired) electrons. The number of nitrogens with zero attached hydrogens (tertiary/aromatic N) is 1. The largest absolute Gasteiger partial charge is 0.318 e. The Bertz CT molecular complexity index is 890. The van der Waals surface area contributed by atoms with Crippen LogP contribution >= 0.6 is 0 Å². The summed E-state index contributed by atoms with van der Waals surface area (Å²) in [5.74, 6) is -1.10. The zero-order chi connectivity index (χ0) is 16.2. The summed E-state index contributed by atoms with van der Waals surface area (Å²) in [5, 5.41) is 7.16. The number of amides is 2. The van der Waals surface area contributed by atoms with Crippen molar-refractivity contribution < 1.29 is 9.59 Å². The van der Waals surface area contributed by atoms with Crippen molar-refractivity contribution in [2.45, 2.75) is 6.92 Å². The summed E-state index contributed by atoms with van der Waals surface area (Å²) < 4.78 is 0. The average Bonchev–Trinajstić information content (AvgIpc) is 2.56. The van der Waals surface area contributed by atoms with Gasteiger partial charge in [-0.3, -0.25) is 9.59 Å². The molecule has 5 heteroatoms. The molecule has 114 valence electrons. The van der Waals surface area contributed by atoms with Crippen LogP contribution in [0.4, 0.5) is 11.5 Å². The van der Waals surface area contributed by atoms with Crippen LogP contribution in [0.3, 0.4) is 0 Å². The van der Waals surface area contributed by atoms with Crippen molar-refractivity contribution >= 4 is 34.1 Å². The second-order valence-electron chi connectivity index (χ2n) is 5.14. The van der Waals surface area contributed by atoms with Gasteiger partial charge in [0.15, 0.2) is 0 Å². The van der Waals surface area contributed by atoms with Crippen LogP contribution in [0, 0.1) is 6.92 Å². The van der Waals surface area contributed by atoms with Crippen LogP contribution in [-0.4, -0.2) is 16.8 Å². The quantitative estimate of drug-likeness (QED) is 0.715. The summed E-state index contributed by atoms with van der Waals surface area (Å²) >= 11 is 0. The van der Waals surface area contributed by atoms with Gasteiger partial charge in [-0.25, -0.2) is 4.98 Å². The first-order valence-corrected chi connectivity index (χ1v) is 7.16. The van der Waals surface area contributed by atoms with Gasteiger partial charge in [0, 0.05) is 11.9 Å². The minimum absolute atomic E-state index is 0.381. The highest BCUT2D eigenvalue weighted by atomic mass is 16.2. The van der Waals surface area contributed by atoms with E-state index in [1.165, 1.54) is 0 Å². The van der Waals surface area contributed by atoms with E-state index in [-0.39, 0.29) is 0 Å². The molecule has 0 aliphatic rings. The molecule has 0 aliphatic heterocycles. The third kappa shape index (κ3) is 3.35. The predicted molar refractivity (Wildman–Crippen MR) is 90.2 cm³/mol. The number of benzene rings is 2. The second-order valence-corrected chi connectivity index (χ2v) is 5.14. The van der Waals surface area contributed by atoms with E-state index in [0.717, 1.165) is 16.3 Å². The van der Waals surface area contributed by atoms with Gasteiger partial charge in [-0.2, -0.15) is 0 Å². The lowest BCUT2D eigenvalue weighted by Gasteiger charge is -2.08. The van der Waals surface area contributed by atoms with Crippen molar-refractivity contribution in [3.8, 4) is 0 Å². The Morgan fingerprint density at radius 1 is 0.870 bits per heavy atom. The summed E-state index contributed by atoms with van der Waals surface area (Å²) in [7, 11) is 0. The monoisotopic (exact) mass is 305 g/mol. The van der Waals surface area contributed by atoms with Gasteiger partial charge in [-0.05, 0) is 41.5 Å². The summed E-state index contributed by atoms with van der Waals surface area (Å²) in [6, 6.07) is 16.9. The van der Waals surface area contributed by atoms with E-state index in [4.69, 9.17) is 0 Å². The fraction of sp³-hybridized carbons (Fsp3) is 0.0556. The summed E-state index contributed by atoms with van der Waals surface area (Å²) in [5.41, 5.74) is 1.36. The number of aromatic nitrogens is 1. The lowest BCUT2D eigenvalue weighted by Crippen LogP contribution is -2.29. The molecule has 0 unspecified atom stereocenters. The Morgan fingerprint density at radius 3 is 2.39 bits per heavy atom. The zero-order valence-corrected chi connectivity index (χ0v) is 12.5. The van der Waals surface area contributed by atoms with Crippen molar-refractivity contribution in [3.63, 3.8) is 0 Å². The molecule has 2 N–H and O–H groups in total. The highest BCUT2D eigenvalue weighted by Gasteiger charge is 2.15. The smallest absolute Gasteiger partial charge is 0.315 e. The molecule has 23 heavy (non-hydrogen) atoms. The first-order valence-electron chi connectivity index (χ1n) is 7.16. The number of rotatable bonds is 2. The Kier molecular flexibility index (Phi) is 4.01. The molecule has 0 saturated heterocycles. The molecule has 0 aliphatic carbocycles. The normalized spacial score (nSPS) is 10.3. The van der Waals surface area contributed by atoms with Crippen LogP contribution in [-0.2, 0) is 9.59 Å². The Labute approximate surface area is 133 Å². The van der Waals surface area contributed by atoms with Crippen molar-refractivity contribution in [1.29, 1.82) is 0 Å². The number of pyridine rings is 1. The zero-order valence-electron chi connectivity index (χ0n) is 12.5. The van der Waals surface area contributed by atoms with E-state index in [1.54, 1.807) is 18.3 Å². The Balaban J connectivity index is 1.72. The molecule has 2 aromatic carbocycles. The first kappa shape index (κ1) is 14.7. The average molecular weight is 305 g/mol. The third-order valence-corrected chi connectivity index (χ3v) is 3.45. The molecule has 0 saturated carbocycles. The third-order valence-electron chi connectivity index (χ3n) is 3.45. The maximum absolute atomic E-state index is 12.0. The molecule has 2 amide bonds. The number of fused-ring (bicyclic) bond motifs is 1. The highest BCUT2D eigenvalue weighted by Crippen LogP contribution is 2.19. The molecule has 5 nitrogen and oxygen atoms in total. The van der Waals surface area contributed by atoms with E-state index < -0.39 is 11.8 Å². The lowest BCUT2D eigenvalue weighted by atomic mass is 10.1. The summed E-state index contributed by atoms with van der Waals surface area (Å²) in [4.78, 5) is 28.0. The lowest BCUT2D eigenvalue weighted by molar-refractivity contribution is -0.133. The topological polar surface area (TPSA) is 71.1 Å². The molecule has 3 aromatic rings. The van der Waals surface area contributed by atoms with Gasteiger partial charge in [-0.15, -0.1) is 0 Å². The second kappa shape index (κ2) is 6.27. The molecule has 0 spiro atoms. The van der Waals surface area contributed by atoms with Gasteiger partial charge in [0.05, 0.1) is 0 Å². The van der Waals surface area contributed by atoms with Crippen molar-refractivity contribution in [1.82, 2.24) is 4.98 Å². The van der Waals surface area contributed by atoms with Gasteiger partial charge >= 0.3 is 11.8 Å². The number of carbonyl (C=O) groups excluding carboxylic acids is 2. The maximum atomic E-state index is 12.0. The first-order chi connectivity index (χ1) is 11.1. The van der Waals surface area contributed by atoms with Crippen LogP contribution in [0.25, 0.3) is 10.8 Å². The Morgan fingerprint density at radius 2 is 1.61 bits per heavy atom. The highest BCUT2D eigenvalue weighted by molar-refractivity contribution is 6.43. The maximum Gasteiger partial charge on any atom is 0.315 e. The van der Waals surface area contributed by atoms with Crippen LogP contribution in [0.1, 0.15) is 5.56 Å². The van der Waals surface area contributed by atoms with E-state index in [2.05, 4.69) is 15.6 Å². The fourth-order valence-corrected chi connectivity index (χ4v) is 2.24. The van der Waals surface area contributed by atoms with Crippen molar-refractivity contribution in [2.24, 2.45) is 0 Å². The molecule has 1 aromatic heterocycles. The van der Waals surface area contributed by atoms with Crippen LogP contribution in [0.2, 0.25) is 0 Å². The van der Waals surface area contributed by atoms with E-state index in [0.29, 0.717) is 11.5 Å². The fourth-order valence-electron chi connectivity index (χ4n) is 2.24. The molecule has 1 heterocycles. The van der Waals surface area contributed by atoms with Crippen molar-refractivity contribution in [3.05, 3.63) is 66.4 Å². The van der Waals surface area contributed by atoms with Gasteiger partial charge in [0.2, 0.25) is 0 Å². The van der Waals surface area contributed by atoms with Gasteiger partial charge in [-0.1, -0.05) is 36.4 Å². The SMILES string of the molecule is Cc1cccnc1NC(=O)C(=O)Nc1ccc2ccccc2c1. The molecule has 0 bridgehead atoms. The number of nitrogens with one attached hydrogen (secondary N) is 2. The van der Waals surface area contributed by atoms with Gasteiger partial charge < -0.3 is 10.6 Å². The predicted octanol–water partition coefficient (Wildman–Crippen LogP) is 3.12. The van der Waals surface area contributed by atoms with E-state index in [9.17, 15) is 9.59 Å². The van der Waals surface area contributed by atoms with Gasteiger partial charge in [0.1, 0.15) is 5.82 Å². The number of hydrogen-bond donors (Lipinski definition) is 2. The molecule has 0 atom stereocenters. The standard InChI is InChI=1S/C18H15N3O2/c1-12-5-4-10-19-16(12)21-18(23)17(22)20-15-9-8-13-6-2-3-7-14(13)11-15/h2-11H,1H3,(H,20,22)(H,19,21,23). The Hall–Kier alpha value is -3.21. The van der Waals surface area contributed by atoms with Crippen molar-refractivity contribution in [2.75, 3.05) is 10.6 Å². The number of aryl methyl sites for hydroxylation is 1. The molecular formula is C18H15N3O2. The number of carbonyl (C=O) groups is 2. The number of anilines is 2. The summed E-state index contributed by atoms with van der Waals surface area (Å²) in [6.07, 6.45) is 1.56. The molecule has 0 fully saturated rings. The summed E-state index contributed by atoms with van der Waals surface area (Å²) in [6.45, 7) is 1.81. The molecule has 3 rings (SSSR count). The van der Waals surface area contributed by atoms with Crippen LogP contribution in [0.5, 0.6) is 0 Å². The molecular weight excluding hydrogens is 290 g/mol. The van der Waals surface area contributed by atoms with Crippen LogP contribution < -0.4 is 10.6 Å². The minimum Gasteiger partial charge on any atom is -0.318 e. The minimum atomic E-state index is -0.750. The van der Waals surface area contributed by atoms with E-state index >= 15 is 0 Å². The van der Waals surface area contributed by atoms with E-state index in [1.807, 2.05) is 49.4 Å². The van der Waals surface area contributed by atoms with Crippen LogP contribution in [0.15, 0.2) is 60.8 Å². The number of hydrogen-bond acceptors (Lipinski definition) is 3. The van der Waals surface area contributed by atoms with Gasteiger partial charge in [0.25, 0.3) is 0 Å².